The molecule has 9 nitrogen and oxygen atoms in total. The summed E-state index contributed by atoms with van der Waals surface area (Å²) >= 11 is 3.60. The highest BCUT2D eigenvalue weighted by molar-refractivity contribution is 9.10. The Morgan fingerprint density at radius 3 is 2.89 bits per heavy atom. The molecule has 1 aromatic carbocycles. The number of halogens is 1. The second-order valence-electron chi connectivity index (χ2n) is 8.92. The molecule has 5 rings (SSSR count). The molecule has 0 radical (unpaired) electrons. The number of esters is 1. The highest BCUT2D eigenvalue weighted by atomic mass is 79.9. The summed E-state index contributed by atoms with van der Waals surface area (Å²) < 4.78 is 7.53. The minimum atomic E-state index is -0.453. The fourth-order valence-corrected chi connectivity index (χ4v) is 5.11. The molecule has 0 saturated carbocycles. The highest BCUT2D eigenvalue weighted by Crippen LogP contribution is 2.33. The quantitative estimate of drug-likeness (QED) is 0.450. The molecule has 2 unspecified atom stereocenters. The molecular formula is C26H27BrN6O3. The van der Waals surface area contributed by atoms with Gasteiger partial charge >= 0.3 is 5.97 Å². The Kier molecular flexibility index (Phi) is 7.04. The molecule has 186 valence electrons. The fourth-order valence-electron chi connectivity index (χ4n) is 4.73. The minimum absolute atomic E-state index is 0.0129. The van der Waals surface area contributed by atoms with Crippen LogP contribution in [0, 0.1) is 5.92 Å². The molecule has 1 saturated heterocycles. The highest BCUT2D eigenvalue weighted by Gasteiger charge is 2.33. The van der Waals surface area contributed by atoms with Crippen LogP contribution in [0.25, 0.3) is 5.82 Å². The Balaban J connectivity index is 1.33. The zero-order valence-corrected chi connectivity index (χ0v) is 21.4. The van der Waals surface area contributed by atoms with E-state index >= 15 is 0 Å². The number of amides is 1. The lowest BCUT2D eigenvalue weighted by Gasteiger charge is -2.38. The Bertz CT molecular complexity index is 1290. The molecule has 1 fully saturated rings. The number of aromatic nitrogens is 3. The van der Waals surface area contributed by atoms with Crippen LogP contribution < -0.4 is 10.6 Å². The van der Waals surface area contributed by atoms with Crippen molar-refractivity contribution in [2.75, 3.05) is 25.5 Å². The molecule has 4 heterocycles. The maximum atomic E-state index is 13.3. The number of likely N-dealkylation sites (tertiary alicyclic amines) is 1. The molecule has 0 bridgehead atoms. The van der Waals surface area contributed by atoms with Gasteiger partial charge in [-0.3, -0.25) is 9.78 Å². The zero-order valence-electron chi connectivity index (χ0n) is 19.9. The van der Waals surface area contributed by atoms with E-state index in [1.165, 1.54) is 7.11 Å². The number of ether oxygens (including phenoxy) is 1. The van der Waals surface area contributed by atoms with Crippen LogP contribution in [0.1, 0.15) is 39.1 Å². The summed E-state index contributed by atoms with van der Waals surface area (Å²) in [4.78, 5) is 31.3. The summed E-state index contributed by atoms with van der Waals surface area (Å²) in [7, 11) is 1.33. The molecule has 1 amide bonds. The van der Waals surface area contributed by atoms with Crippen LogP contribution in [-0.2, 0) is 11.3 Å². The third-order valence-corrected chi connectivity index (χ3v) is 7.15. The Morgan fingerprint density at radius 1 is 1.22 bits per heavy atom. The second kappa shape index (κ2) is 10.5. The van der Waals surface area contributed by atoms with Crippen molar-refractivity contribution in [1.29, 1.82) is 0 Å². The summed E-state index contributed by atoms with van der Waals surface area (Å²) in [6.07, 6.45) is 9.41. The molecule has 2 aliphatic heterocycles. The monoisotopic (exact) mass is 550 g/mol. The first-order valence-corrected chi connectivity index (χ1v) is 12.7. The van der Waals surface area contributed by atoms with Gasteiger partial charge in [0.25, 0.3) is 5.91 Å². The maximum absolute atomic E-state index is 13.3. The summed E-state index contributed by atoms with van der Waals surface area (Å²) in [5, 5.41) is 11.6. The van der Waals surface area contributed by atoms with Crippen molar-refractivity contribution >= 4 is 39.4 Å². The first-order chi connectivity index (χ1) is 17.5. The standard InChI is InChI=1S/C26H27BrN6O3/c1-36-26(35)19-7-2-6-18(11-19)25(34)32-10-4-8-20(16-32)22-12-23(29-14-17-5-3-9-28-13-17)33-24(31-22)21(27)15-30-33/h2-3,5-7,9,11-13,15,20,22,29,31H,4,8,10,14,16H2,1H3. The van der Waals surface area contributed by atoms with Gasteiger partial charge in [-0.05, 0) is 64.7 Å². The van der Waals surface area contributed by atoms with Gasteiger partial charge in [0, 0.05) is 43.5 Å². The largest absolute Gasteiger partial charge is 0.465 e. The number of carbonyl (C=O) groups is 2. The first-order valence-electron chi connectivity index (χ1n) is 11.9. The van der Waals surface area contributed by atoms with E-state index < -0.39 is 5.97 Å². The van der Waals surface area contributed by atoms with Gasteiger partial charge in [0.05, 0.1) is 29.4 Å². The first kappa shape index (κ1) is 24.1. The molecule has 0 aliphatic carbocycles. The Labute approximate surface area is 217 Å². The molecule has 2 aromatic heterocycles. The van der Waals surface area contributed by atoms with Crippen LogP contribution in [0.5, 0.6) is 0 Å². The van der Waals surface area contributed by atoms with Crippen LogP contribution in [-0.4, -0.2) is 57.8 Å². The molecule has 36 heavy (non-hydrogen) atoms. The van der Waals surface area contributed by atoms with Gasteiger partial charge in [-0.2, -0.15) is 5.10 Å². The number of anilines is 1. The van der Waals surface area contributed by atoms with Crippen LogP contribution in [0.2, 0.25) is 0 Å². The van der Waals surface area contributed by atoms with Crippen LogP contribution in [0.3, 0.4) is 0 Å². The molecule has 3 aromatic rings. The van der Waals surface area contributed by atoms with Crippen molar-refractivity contribution in [2.24, 2.45) is 5.92 Å². The number of pyridine rings is 1. The summed E-state index contributed by atoms with van der Waals surface area (Å²) in [6, 6.07) is 10.7. The zero-order chi connectivity index (χ0) is 25.1. The predicted octanol–water partition coefficient (Wildman–Crippen LogP) is 3.76. The topological polar surface area (TPSA) is 101 Å². The molecule has 2 aliphatic rings. The molecular weight excluding hydrogens is 524 g/mol. The molecule has 2 N–H and O–H groups in total. The fraction of sp³-hybridized carbons (Fsp3) is 0.308. The van der Waals surface area contributed by atoms with E-state index in [9.17, 15) is 9.59 Å². The van der Waals surface area contributed by atoms with Crippen molar-refractivity contribution in [2.45, 2.75) is 25.4 Å². The number of carbonyl (C=O) groups excluding carboxylic acids is 2. The number of nitrogens with zero attached hydrogens (tertiary/aromatic N) is 4. The van der Waals surface area contributed by atoms with Crippen molar-refractivity contribution in [3.63, 3.8) is 0 Å². The third kappa shape index (κ3) is 4.99. The lowest BCUT2D eigenvalue weighted by Crippen LogP contribution is -2.46. The van der Waals surface area contributed by atoms with Gasteiger partial charge in [-0.1, -0.05) is 12.1 Å². The van der Waals surface area contributed by atoms with Crippen LogP contribution >= 0.6 is 15.9 Å². The number of hydrogen-bond acceptors (Lipinski definition) is 7. The van der Waals surface area contributed by atoms with E-state index in [1.54, 1.807) is 36.7 Å². The average Bonchev–Trinajstić information content (AvgIpc) is 3.32. The molecule has 0 spiro atoms. The maximum Gasteiger partial charge on any atom is 0.337 e. The van der Waals surface area contributed by atoms with Gasteiger partial charge in [0.2, 0.25) is 0 Å². The Hall–Kier alpha value is -3.66. The van der Waals surface area contributed by atoms with E-state index in [2.05, 4.69) is 42.7 Å². The number of piperidine rings is 1. The minimum Gasteiger partial charge on any atom is -0.465 e. The molecule has 10 heteroatoms. The molecule has 2 atom stereocenters. The van der Waals surface area contributed by atoms with E-state index in [1.807, 2.05) is 27.9 Å². The van der Waals surface area contributed by atoms with Crippen molar-refractivity contribution in [3.8, 4) is 0 Å². The number of fused-ring (bicyclic) bond motifs is 1. The lowest BCUT2D eigenvalue weighted by atomic mass is 9.89. The van der Waals surface area contributed by atoms with Gasteiger partial charge in [0.15, 0.2) is 0 Å². The summed E-state index contributed by atoms with van der Waals surface area (Å²) in [5.41, 5.74) is 1.94. The number of benzene rings is 1. The van der Waals surface area contributed by atoms with Crippen LogP contribution in [0.15, 0.2) is 65.5 Å². The van der Waals surface area contributed by atoms with E-state index in [0.29, 0.717) is 30.8 Å². The summed E-state index contributed by atoms with van der Waals surface area (Å²) in [5.74, 6) is 1.44. The van der Waals surface area contributed by atoms with E-state index in [0.717, 1.165) is 34.5 Å². The van der Waals surface area contributed by atoms with Crippen molar-refractivity contribution in [3.05, 3.63) is 82.2 Å². The van der Waals surface area contributed by atoms with E-state index in [4.69, 9.17) is 4.74 Å². The number of methoxy groups -OCH3 is 1. The number of rotatable bonds is 6. The smallest absolute Gasteiger partial charge is 0.337 e. The SMILES string of the molecule is COC(=O)c1cccc(C(=O)N2CCCC(C3C=C(NCc4cccnc4)n4ncc(Br)c4N3)C2)c1. The lowest BCUT2D eigenvalue weighted by molar-refractivity contribution is 0.0600. The number of nitrogens with one attached hydrogen (secondary N) is 2. The normalized spacial score (nSPS) is 19.1. The van der Waals surface area contributed by atoms with Crippen molar-refractivity contribution < 1.29 is 14.3 Å². The third-order valence-electron chi connectivity index (χ3n) is 6.57. The van der Waals surface area contributed by atoms with Gasteiger partial charge < -0.3 is 20.3 Å². The number of hydrogen-bond donors (Lipinski definition) is 2. The summed E-state index contributed by atoms with van der Waals surface area (Å²) in [6.45, 7) is 1.91. The average molecular weight is 551 g/mol. The van der Waals surface area contributed by atoms with Crippen molar-refractivity contribution in [1.82, 2.24) is 25.0 Å². The predicted molar refractivity (Wildman–Crippen MR) is 139 cm³/mol. The van der Waals surface area contributed by atoms with Gasteiger partial charge in [-0.15, -0.1) is 0 Å². The van der Waals surface area contributed by atoms with Gasteiger partial charge in [0.1, 0.15) is 11.6 Å². The second-order valence-corrected chi connectivity index (χ2v) is 9.77. The van der Waals surface area contributed by atoms with Gasteiger partial charge in [-0.25, -0.2) is 9.48 Å². The van der Waals surface area contributed by atoms with Crippen LogP contribution in [0.4, 0.5) is 5.82 Å². The Morgan fingerprint density at radius 2 is 2.08 bits per heavy atom. The van der Waals surface area contributed by atoms with E-state index in [-0.39, 0.29) is 17.9 Å².